The number of aliphatic carboxylic acids is 2. The second-order valence-electron chi connectivity index (χ2n) is 32.7. The molecule has 126 heavy (non-hydrogen) atoms. The second-order valence-corrected chi connectivity index (χ2v) is 33.1. The molecule has 0 aliphatic carbocycles. The van der Waals surface area contributed by atoms with E-state index in [1.807, 2.05) is 0 Å². The molecular weight excluding hydrogens is 1670 g/mol. The number of carbonyl (C=O) groups excluding carboxylic acids is 16. The average Bonchev–Trinajstić information content (AvgIpc) is 1.61. The summed E-state index contributed by atoms with van der Waals surface area (Å²) >= 11 is 4.21. The minimum Gasteiger partial charge on any atom is -0.508 e. The van der Waals surface area contributed by atoms with Crippen molar-refractivity contribution in [3.8, 4) is 5.75 Å². The van der Waals surface area contributed by atoms with Gasteiger partial charge in [-0.2, -0.15) is 12.6 Å². The molecule has 3 rings (SSSR count). The Morgan fingerprint density at radius 1 is 0.437 bits per heavy atom. The van der Waals surface area contributed by atoms with Crippen molar-refractivity contribution in [1.29, 1.82) is 0 Å². The standard InChI is InChI=1S/C79H132N24O22S/c1-38(2)31-50(67(114)99-55(77(124)125)35-59(82)106)94-64(111)43(9)90-74(121)61(44(10)104)101-71(118)56(37-126)100-68(115)51(32-39(3)4)95-70(117)53(36-60(107)108)97-73(120)58-21-16-30-103(58)76(123)54(33-40(5)6)98-66(113)47(17-11-12-26-80)92-69(116)52(34-45-22-24-46(105)25-23-45)96-72(119)57-20-15-29-102(57)75(122)49(19-14-28-88-79(85)86)93-65(112)48(18-13-27-87-78(83)84)91-63(110)42(8)89-62(109)41(7)81/h22-25,38-44,47-58,61,104-105,126H,11-21,26-37,80-81H2,1-10H3,(H2,82,106)(H,89,109)(H,90,121)(H,91,110)(H,92,116)(H,93,112)(H,94,111)(H,95,117)(H,96,119)(H,97,120)(H,98,113)(H,99,114)(H,100,115)(H,101,118)(H,107,108)(H,124,125)(H4,83,84,87)(H4,85,86,88)/t41-,42-,43-,44+,47-,48-,49-,50-,51-,52-,53-,54-,55-,56-,57-,58-,61-/m0/s1. The Morgan fingerprint density at radius 2 is 0.817 bits per heavy atom. The number of aromatic hydroxyl groups is 1. The number of unbranched alkanes of at least 4 members (excludes halogenated alkanes) is 1. The lowest BCUT2D eigenvalue weighted by molar-refractivity contribution is -0.144. The number of aliphatic hydroxyl groups is 1. The van der Waals surface area contributed by atoms with Gasteiger partial charge < -0.3 is 139 Å². The number of aliphatic hydroxyl groups excluding tert-OH is 1. The number of carboxylic acids is 2. The molecule has 46 nitrogen and oxygen atoms in total. The van der Waals surface area contributed by atoms with E-state index in [1.165, 1.54) is 49.9 Å². The summed E-state index contributed by atoms with van der Waals surface area (Å²) in [6, 6.07) is -17.8. The molecule has 47 heteroatoms. The van der Waals surface area contributed by atoms with Crippen molar-refractivity contribution in [3.63, 3.8) is 0 Å². The molecule has 0 radical (unpaired) electrons. The van der Waals surface area contributed by atoms with Gasteiger partial charge in [-0.1, -0.05) is 53.7 Å². The Balaban J connectivity index is 1.93. The number of benzene rings is 1. The van der Waals surface area contributed by atoms with Gasteiger partial charge in [0.15, 0.2) is 11.9 Å². The first-order chi connectivity index (χ1) is 59.1. The molecule has 706 valence electrons. The van der Waals surface area contributed by atoms with Gasteiger partial charge in [-0.15, -0.1) is 0 Å². The molecule has 16 amide bonds. The lowest BCUT2D eigenvalue weighted by Crippen LogP contribution is -2.62. The number of nitrogens with zero attached hydrogens (tertiary/aromatic N) is 4. The first-order valence-corrected chi connectivity index (χ1v) is 42.6. The number of aliphatic imine (C=N–C) groups is 2. The Morgan fingerprint density at radius 3 is 1.26 bits per heavy atom. The highest BCUT2D eigenvalue weighted by Gasteiger charge is 2.44. The topological polar surface area (TPSA) is 758 Å². The van der Waals surface area contributed by atoms with Gasteiger partial charge in [-0.05, 0) is 160 Å². The first-order valence-electron chi connectivity index (χ1n) is 42.0. The number of hydrogen-bond donors (Lipinski definition) is 25. The molecule has 31 N–H and O–H groups in total. The van der Waals surface area contributed by atoms with E-state index in [4.69, 9.17) is 40.1 Å². The minimum absolute atomic E-state index is 0.000920. The molecule has 2 aliphatic rings. The van der Waals surface area contributed by atoms with Gasteiger partial charge in [0.05, 0.1) is 25.0 Å². The van der Waals surface area contributed by atoms with Crippen molar-refractivity contribution in [3.05, 3.63) is 29.8 Å². The molecule has 1 aromatic rings. The van der Waals surface area contributed by atoms with E-state index in [1.54, 1.807) is 41.5 Å². The van der Waals surface area contributed by atoms with Gasteiger partial charge in [0, 0.05) is 38.4 Å². The van der Waals surface area contributed by atoms with Crippen LogP contribution in [0.1, 0.15) is 178 Å². The number of rotatable bonds is 55. The number of guanidine groups is 2. The quantitative estimate of drug-likeness (QED) is 0.0125. The molecule has 0 spiro atoms. The Bertz CT molecular complexity index is 3980. The predicted octanol–water partition coefficient (Wildman–Crippen LogP) is -7.27. The monoisotopic (exact) mass is 1800 g/mol. The van der Waals surface area contributed by atoms with Crippen molar-refractivity contribution in [2.75, 3.05) is 38.5 Å². The normalized spacial score (nSPS) is 17.2. The molecule has 0 saturated carbocycles. The summed E-state index contributed by atoms with van der Waals surface area (Å²) in [5.41, 5.74) is 39.4. The fraction of sp³-hybridized carbons (Fsp3) is 0.671. The molecule has 17 atom stereocenters. The minimum atomic E-state index is -1.93. The summed E-state index contributed by atoms with van der Waals surface area (Å²) in [7, 11) is 0. The summed E-state index contributed by atoms with van der Waals surface area (Å²) in [5.74, 6) is -20.2. The van der Waals surface area contributed by atoms with Crippen molar-refractivity contribution in [2.45, 2.75) is 281 Å². The van der Waals surface area contributed by atoms with Crippen LogP contribution < -0.4 is 109 Å². The van der Waals surface area contributed by atoms with Gasteiger partial charge in [-0.3, -0.25) is 91.5 Å². The smallest absolute Gasteiger partial charge is 0.326 e. The zero-order valence-corrected chi connectivity index (χ0v) is 73.9. The van der Waals surface area contributed by atoms with Crippen LogP contribution in [0.3, 0.4) is 0 Å². The van der Waals surface area contributed by atoms with Crippen LogP contribution >= 0.6 is 12.6 Å². The lowest BCUT2D eigenvalue weighted by Gasteiger charge is -2.32. The van der Waals surface area contributed by atoms with Crippen LogP contribution in [-0.4, -0.2) is 290 Å². The summed E-state index contributed by atoms with van der Waals surface area (Å²) < 4.78 is 0. The third-order valence-electron chi connectivity index (χ3n) is 20.2. The fourth-order valence-electron chi connectivity index (χ4n) is 13.7. The zero-order valence-electron chi connectivity index (χ0n) is 73.0. The molecule has 2 aliphatic heterocycles. The fourth-order valence-corrected chi connectivity index (χ4v) is 13.9. The molecule has 2 saturated heterocycles. The number of phenols is 1. The van der Waals surface area contributed by atoms with Crippen LogP contribution in [0.2, 0.25) is 0 Å². The number of thiol groups is 1. The third kappa shape index (κ3) is 38.0. The summed E-state index contributed by atoms with van der Waals surface area (Å²) in [6.45, 7) is 15.4. The highest BCUT2D eigenvalue weighted by molar-refractivity contribution is 7.80. The maximum absolute atomic E-state index is 15.0. The van der Waals surface area contributed by atoms with Gasteiger partial charge in [0.2, 0.25) is 94.5 Å². The maximum Gasteiger partial charge on any atom is 0.326 e. The predicted molar refractivity (Wildman–Crippen MR) is 462 cm³/mol. The zero-order chi connectivity index (χ0) is 95.1. The highest BCUT2D eigenvalue weighted by Crippen LogP contribution is 2.25. The number of amides is 16. The number of hydrogen-bond acceptors (Lipinski definition) is 25. The second kappa shape index (κ2) is 54.2. The van der Waals surface area contributed by atoms with Crippen LogP contribution in [0.25, 0.3) is 0 Å². The van der Waals surface area contributed by atoms with Gasteiger partial charge in [-0.25, -0.2) is 4.79 Å². The largest absolute Gasteiger partial charge is 0.508 e. The van der Waals surface area contributed by atoms with E-state index in [0.29, 0.717) is 12.0 Å². The lowest BCUT2D eigenvalue weighted by atomic mass is 10.00. The van der Waals surface area contributed by atoms with E-state index in [2.05, 4.69) is 91.7 Å². The number of nitrogens with one attached hydrogen (secondary N) is 13. The molecule has 1 aromatic carbocycles. The molecule has 0 aromatic heterocycles. The summed E-state index contributed by atoms with van der Waals surface area (Å²) in [4.78, 5) is 258. The number of carboxylic acid groups (broad SMARTS) is 2. The SMILES string of the molecule is CC(C)C[C@H](NC(=O)[C@H](C)NC(=O)[C@@H](NC(=O)[C@H](CS)NC(=O)[C@H](CC(C)C)NC(=O)[C@H](CC(=O)O)NC(=O)[C@@H]1CCCN1C(=O)[C@H](CC(C)C)NC(=O)[C@H](CCCCN)NC(=O)[C@H](Cc1ccc(O)cc1)NC(=O)[C@@H]1CCCN1C(=O)[C@H](CCCN=C(N)N)NC(=O)[C@H](CCCN=C(N)N)NC(=O)[C@H](C)NC(=O)[C@H](C)N)[C@@H](C)O)C(=O)N[C@@H](CC(N)=O)C(=O)O. The van der Waals surface area contributed by atoms with E-state index in [0.717, 1.165) is 11.8 Å². The Kier molecular flexibility index (Phi) is 46.6. The highest BCUT2D eigenvalue weighted by atomic mass is 32.1. The van der Waals surface area contributed by atoms with Crippen LogP contribution in [0.5, 0.6) is 5.75 Å². The summed E-state index contributed by atoms with van der Waals surface area (Å²) in [6.07, 6.45) is -2.96. The van der Waals surface area contributed by atoms with Gasteiger partial charge >= 0.3 is 11.9 Å². The Hall–Kier alpha value is -11.7. The van der Waals surface area contributed by atoms with E-state index < -0.39 is 234 Å². The van der Waals surface area contributed by atoms with Crippen molar-refractivity contribution < 1.29 is 107 Å². The van der Waals surface area contributed by atoms with Gasteiger partial charge in [0.25, 0.3) is 0 Å². The number of phenolic OH excluding ortho intramolecular Hbond substituents is 1. The van der Waals surface area contributed by atoms with Gasteiger partial charge in [0.1, 0.15) is 96.4 Å². The molecule has 0 unspecified atom stereocenters. The number of likely N-dealkylation sites (tertiary alicyclic amines) is 2. The van der Waals surface area contributed by atoms with Crippen molar-refractivity contribution >= 4 is 131 Å². The molecule has 2 heterocycles. The number of primary amides is 1. The third-order valence-corrected chi connectivity index (χ3v) is 20.6. The summed E-state index contributed by atoms with van der Waals surface area (Å²) in [5, 5.41) is 73.2. The number of nitrogens with two attached hydrogens (primary N) is 7. The van der Waals surface area contributed by atoms with Crippen LogP contribution in [-0.2, 0) is 92.7 Å². The first kappa shape index (κ1) is 108. The maximum atomic E-state index is 15.0. The number of carbonyl (C=O) groups is 18. The Labute approximate surface area is 736 Å². The van der Waals surface area contributed by atoms with Crippen molar-refractivity contribution in [1.82, 2.24) is 78.9 Å². The van der Waals surface area contributed by atoms with Crippen LogP contribution in [0.4, 0.5) is 0 Å². The van der Waals surface area contributed by atoms with E-state index >= 15 is 9.59 Å². The molecular formula is C79H132N24O22S. The van der Waals surface area contributed by atoms with Crippen LogP contribution in [0, 0.1) is 17.8 Å². The van der Waals surface area contributed by atoms with E-state index in [9.17, 15) is 97.1 Å². The van der Waals surface area contributed by atoms with Crippen molar-refractivity contribution in [2.24, 2.45) is 67.9 Å². The van der Waals surface area contributed by atoms with Crippen LogP contribution in [0.15, 0.2) is 34.3 Å². The van der Waals surface area contributed by atoms with E-state index in [-0.39, 0.29) is 152 Å². The molecule has 2 fully saturated rings. The molecule has 0 bridgehead atoms. The average molecular weight is 1800 g/mol.